The number of nitriles is 1. The maximum atomic E-state index is 13.7. The Morgan fingerprint density at radius 2 is 1.63 bits per heavy atom. The Morgan fingerprint density at radius 1 is 1.00 bits per heavy atom. The molecule has 1 fully saturated rings. The van der Waals surface area contributed by atoms with Crippen molar-refractivity contribution < 1.29 is 18.7 Å². The van der Waals surface area contributed by atoms with Gasteiger partial charge in [-0.25, -0.2) is 4.39 Å². The highest BCUT2D eigenvalue weighted by molar-refractivity contribution is 6.21. The number of imide groups is 1. The summed E-state index contributed by atoms with van der Waals surface area (Å²) in [5, 5.41) is 8.78. The second kappa shape index (κ2) is 6.84. The minimum Gasteiger partial charge on any atom is -0.490 e. The van der Waals surface area contributed by atoms with E-state index >= 15 is 0 Å². The maximum Gasteiger partial charge on any atom is 0.261 e. The zero-order valence-electron chi connectivity index (χ0n) is 14.5. The van der Waals surface area contributed by atoms with Crippen molar-refractivity contribution >= 4 is 11.8 Å². The molecule has 1 aliphatic carbocycles. The highest BCUT2D eigenvalue weighted by Gasteiger charge is 2.41. The minimum absolute atomic E-state index is 0.0170. The molecule has 5 nitrogen and oxygen atoms in total. The summed E-state index contributed by atoms with van der Waals surface area (Å²) in [4.78, 5) is 26.5. The van der Waals surface area contributed by atoms with E-state index < -0.39 is 5.82 Å². The average molecular weight is 364 g/mol. The second-order valence-electron chi connectivity index (χ2n) is 6.83. The SMILES string of the molecule is N#Cc1ccc(OC2CCC(N3C(=O)c4ccccc4C3=O)CC2)cc1F. The predicted octanol–water partition coefficient (Wildman–Crippen LogP) is 3.68. The molecule has 2 aromatic carbocycles. The first kappa shape index (κ1) is 17.2. The molecule has 136 valence electrons. The lowest BCUT2D eigenvalue weighted by atomic mass is 9.91. The Morgan fingerprint density at radius 3 is 2.19 bits per heavy atom. The number of hydrogen-bond acceptors (Lipinski definition) is 4. The molecule has 27 heavy (non-hydrogen) atoms. The van der Waals surface area contributed by atoms with Gasteiger partial charge in [0.05, 0.1) is 22.8 Å². The first-order chi connectivity index (χ1) is 13.1. The van der Waals surface area contributed by atoms with Crippen molar-refractivity contribution in [1.82, 2.24) is 4.90 Å². The molecule has 0 saturated heterocycles. The third kappa shape index (κ3) is 3.06. The fourth-order valence-corrected chi connectivity index (χ4v) is 3.81. The molecule has 1 saturated carbocycles. The van der Waals surface area contributed by atoms with Gasteiger partial charge in [-0.3, -0.25) is 14.5 Å². The summed E-state index contributed by atoms with van der Waals surface area (Å²) < 4.78 is 19.5. The first-order valence-electron chi connectivity index (χ1n) is 8.91. The fraction of sp³-hybridized carbons (Fsp3) is 0.286. The van der Waals surface area contributed by atoms with Gasteiger partial charge in [0.25, 0.3) is 11.8 Å². The molecule has 0 N–H and O–H groups in total. The van der Waals surface area contributed by atoms with Crippen molar-refractivity contribution in [1.29, 1.82) is 5.26 Å². The molecule has 6 heteroatoms. The summed E-state index contributed by atoms with van der Waals surface area (Å²) in [5.41, 5.74) is 0.916. The Bertz CT molecular complexity index is 923. The lowest BCUT2D eigenvalue weighted by molar-refractivity contribution is 0.0478. The number of benzene rings is 2. The van der Waals surface area contributed by atoms with Crippen LogP contribution >= 0.6 is 0 Å². The predicted molar refractivity (Wildman–Crippen MR) is 94.7 cm³/mol. The molecule has 0 aromatic heterocycles. The van der Waals surface area contributed by atoms with Gasteiger partial charge in [-0.1, -0.05) is 12.1 Å². The fourth-order valence-electron chi connectivity index (χ4n) is 3.81. The van der Waals surface area contributed by atoms with Crippen LogP contribution in [0.3, 0.4) is 0 Å². The summed E-state index contributed by atoms with van der Waals surface area (Å²) >= 11 is 0. The van der Waals surface area contributed by atoms with E-state index in [1.807, 2.05) is 0 Å². The Hall–Kier alpha value is -3.20. The van der Waals surface area contributed by atoms with Crippen LogP contribution in [0.2, 0.25) is 0 Å². The molecular formula is C21H17FN2O3. The van der Waals surface area contributed by atoms with Crippen molar-refractivity contribution in [3.63, 3.8) is 0 Å². The van der Waals surface area contributed by atoms with E-state index in [1.165, 1.54) is 17.0 Å². The van der Waals surface area contributed by atoms with Crippen molar-refractivity contribution in [2.45, 2.75) is 37.8 Å². The molecule has 2 aromatic rings. The number of rotatable bonds is 3. The van der Waals surface area contributed by atoms with Gasteiger partial charge >= 0.3 is 0 Å². The molecule has 2 amide bonds. The number of nitrogens with zero attached hydrogens (tertiary/aromatic N) is 2. The van der Waals surface area contributed by atoms with Crippen molar-refractivity contribution in [3.05, 3.63) is 65.0 Å². The quantitative estimate of drug-likeness (QED) is 0.779. The highest BCUT2D eigenvalue weighted by Crippen LogP contribution is 2.32. The van der Waals surface area contributed by atoms with E-state index in [9.17, 15) is 14.0 Å². The molecule has 0 radical (unpaired) electrons. The van der Waals surface area contributed by atoms with Crippen LogP contribution in [0.25, 0.3) is 0 Å². The van der Waals surface area contributed by atoms with Gasteiger partial charge in [-0.15, -0.1) is 0 Å². The highest BCUT2D eigenvalue weighted by atomic mass is 19.1. The smallest absolute Gasteiger partial charge is 0.261 e. The molecule has 1 heterocycles. The van der Waals surface area contributed by atoms with Crippen LogP contribution in [-0.4, -0.2) is 28.9 Å². The van der Waals surface area contributed by atoms with Gasteiger partial charge in [0.15, 0.2) is 0 Å². The van der Waals surface area contributed by atoms with Gasteiger partial charge in [-0.05, 0) is 49.9 Å². The van der Waals surface area contributed by atoms with Crippen LogP contribution in [0.5, 0.6) is 5.75 Å². The Kier molecular flexibility index (Phi) is 4.36. The molecule has 0 bridgehead atoms. The summed E-state index contributed by atoms with van der Waals surface area (Å²) in [6.45, 7) is 0. The number of hydrogen-bond donors (Lipinski definition) is 0. The molecule has 1 aliphatic heterocycles. The normalized spacial score (nSPS) is 21.7. The Labute approximate surface area is 156 Å². The van der Waals surface area contributed by atoms with Crippen LogP contribution in [-0.2, 0) is 0 Å². The van der Waals surface area contributed by atoms with Crippen molar-refractivity contribution in [2.75, 3.05) is 0 Å². The third-order valence-electron chi connectivity index (χ3n) is 5.20. The molecule has 4 rings (SSSR count). The van der Waals surface area contributed by atoms with E-state index in [0.29, 0.717) is 42.6 Å². The number of carbonyl (C=O) groups excluding carboxylic acids is 2. The van der Waals surface area contributed by atoms with E-state index in [0.717, 1.165) is 0 Å². The van der Waals surface area contributed by atoms with Gasteiger partial charge in [0, 0.05) is 12.1 Å². The summed E-state index contributed by atoms with van der Waals surface area (Å²) in [5.74, 6) is -0.673. The largest absolute Gasteiger partial charge is 0.490 e. The summed E-state index contributed by atoms with van der Waals surface area (Å²) in [6, 6.07) is 12.7. The number of fused-ring (bicyclic) bond motifs is 1. The van der Waals surface area contributed by atoms with E-state index in [1.54, 1.807) is 36.4 Å². The van der Waals surface area contributed by atoms with Gasteiger partial charge in [0.2, 0.25) is 0 Å². The van der Waals surface area contributed by atoms with Crippen LogP contribution in [0.15, 0.2) is 42.5 Å². The first-order valence-corrected chi connectivity index (χ1v) is 8.91. The van der Waals surface area contributed by atoms with E-state index in [-0.39, 0.29) is 29.5 Å². The number of carbonyl (C=O) groups is 2. The van der Waals surface area contributed by atoms with Gasteiger partial charge < -0.3 is 4.74 Å². The molecule has 2 aliphatic rings. The lowest BCUT2D eigenvalue weighted by Gasteiger charge is -2.33. The number of amides is 2. The average Bonchev–Trinajstić information content (AvgIpc) is 2.94. The summed E-state index contributed by atoms with van der Waals surface area (Å²) in [7, 11) is 0. The second-order valence-corrected chi connectivity index (χ2v) is 6.83. The van der Waals surface area contributed by atoms with Gasteiger partial charge in [-0.2, -0.15) is 5.26 Å². The summed E-state index contributed by atoms with van der Waals surface area (Å²) in [6.07, 6.45) is 2.52. The number of halogens is 1. The molecule has 0 spiro atoms. The van der Waals surface area contributed by atoms with Crippen LogP contribution < -0.4 is 4.74 Å². The van der Waals surface area contributed by atoms with E-state index in [2.05, 4.69) is 0 Å². The third-order valence-corrected chi connectivity index (χ3v) is 5.20. The standard InChI is InChI=1S/C21H17FN2O3/c22-19-11-16(8-5-13(19)12-23)27-15-9-6-14(7-10-15)24-20(25)17-3-1-2-4-18(17)21(24)26/h1-5,8,11,14-15H,6-7,9-10H2. The van der Waals surface area contributed by atoms with Crippen LogP contribution in [0.1, 0.15) is 52.0 Å². The van der Waals surface area contributed by atoms with E-state index in [4.69, 9.17) is 10.00 Å². The zero-order chi connectivity index (χ0) is 19.0. The maximum absolute atomic E-state index is 13.7. The minimum atomic E-state index is -0.602. The monoisotopic (exact) mass is 364 g/mol. The van der Waals surface area contributed by atoms with Crippen molar-refractivity contribution in [2.24, 2.45) is 0 Å². The van der Waals surface area contributed by atoms with Crippen LogP contribution in [0.4, 0.5) is 4.39 Å². The zero-order valence-corrected chi connectivity index (χ0v) is 14.5. The lowest BCUT2D eigenvalue weighted by Crippen LogP contribution is -2.43. The number of ether oxygens (including phenoxy) is 1. The topological polar surface area (TPSA) is 70.4 Å². The van der Waals surface area contributed by atoms with Crippen LogP contribution in [0, 0.1) is 17.1 Å². The molecular weight excluding hydrogens is 347 g/mol. The molecule has 0 unspecified atom stereocenters. The van der Waals surface area contributed by atoms with Gasteiger partial charge in [0.1, 0.15) is 17.6 Å². The van der Waals surface area contributed by atoms with Crippen molar-refractivity contribution in [3.8, 4) is 11.8 Å². The Balaban J connectivity index is 1.40. The molecule has 0 atom stereocenters.